The lowest BCUT2D eigenvalue weighted by atomic mass is 9.87. The van der Waals surface area contributed by atoms with Crippen LogP contribution in [0.15, 0.2) is 59.1 Å². The second-order valence-electron chi connectivity index (χ2n) is 8.24. The number of nitrogens with zero attached hydrogens (tertiary/aromatic N) is 1. The van der Waals surface area contributed by atoms with Gasteiger partial charge in [-0.3, -0.25) is 0 Å². The van der Waals surface area contributed by atoms with Gasteiger partial charge in [-0.2, -0.15) is 0 Å². The maximum Gasteiger partial charge on any atom is 0.105 e. The highest BCUT2D eigenvalue weighted by atomic mass is 79.9. The fourth-order valence-corrected chi connectivity index (χ4v) is 4.80. The van der Waals surface area contributed by atoms with Crippen molar-refractivity contribution in [3.8, 4) is 0 Å². The topological polar surface area (TPSA) is 20.2 Å². The van der Waals surface area contributed by atoms with Crippen molar-refractivity contribution in [3.63, 3.8) is 0 Å². The Morgan fingerprint density at radius 3 is 2.33 bits per heavy atom. The number of piperidine rings is 1. The minimum absolute atomic E-state index is 0.186. The Labute approximate surface area is 172 Å². The van der Waals surface area contributed by atoms with Crippen molar-refractivity contribution < 1.29 is 9.59 Å². The summed E-state index contributed by atoms with van der Waals surface area (Å²) in [6.45, 7) is 6.41. The summed E-state index contributed by atoms with van der Waals surface area (Å²) < 4.78 is 2.15. The zero-order valence-corrected chi connectivity index (χ0v) is 18.1. The molecular formula is C24H33BrNO+. The van der Waals surface area contributed by atoms with Crippen LogP contribution in [-0.4, -0.2) is 35.3 Å². The third-order valence-electron chi connectivity index (χ3n) is 6.09. The largest absolute Gasteiger partial charge is 0.387 e. The van der Waals surface area contributed by atoms with Gasteiger partial charge in [-0.1, -0.05) is 78.2 Å². The summed E-state index contributed by atoms with van der Waals surface area (Å²) in [5.41, 5.74) is 2.85. The molecule has 3 rings (SSSR count). The van der Waals surface area contributed by atoms with E-state index in [1.54, 1.807) is 0 Å². The maximum atomic E-state index is 10.7. The van der Waals surface area contributed by atoms with Crippen molar-refractivity contribution in [2.45, 2.75) is 57.6 Å². The Balaban J connectivity index is 1.71. The lowest BCUT2D eigenvalue weighted by Gasteiger charge is -2.45. The Morgan fingerprint density at radius 2 is 1.70 bits per heavy atom. The number of halogens is 1. The van der Waals surface area contributed by atoms with E-state index in [4.69, 9.17) is 0 Å². The lowest BCUT2D eigenvalue weighted by molar-refractivity contribution is -0.948. The van der Waals surface area contributed by atoms with Gasteiger partial charge in [0, 0.05) is 22.9 Å². The van der Waals surface area contributed by atoms with E-state index in [-0.39, 0.29) is 6.10 Å². The highest BCUT2D eigenvalue weighted by Crippen LogP contribution is 2.33. The van der Waals surface area contributed by atoms with Crippen LogP contribution in [0.1, 0.15) is 56.1 Å². The van der Waals surface area contributed by atoms with Gasteiger partial charge in [-0.05, 0) is 30.0 Å². The van der Waals surface area contributed by atoms with E-state index >= 15 is 0 Å². The normalized spacial score (nSPS) is 23.9. The molecule has 1 heterocycles. The fourth-order valence-electron chi connectivity index (χ4n) is 4.53. The van der Waals surface area contributed by atoms with E-state index in [9.17, 15) is 5.11 Å². The van der Waals surface area contributed by atoms with Crippen LogP contribution < -0.4 is 0 Å². The van der Waals surface area contributed by atoms with E-state index in [1.807, 2.05) is 0 Å². The molecule has 3 heteroatoms. The molecule has 1 aliphatic rings. The summed E-state index contributed by atoms with van der Waals surface area (Å²) in [6, 6.07) is 19.7. The number of aliphatic hydroxyl groups is 1. The molecular weight excluding hydrogens is 398 g/mol. The molecule has 2 nitrogen and oxygen atoms in total. The van der Waals surface area contributed by atoms with E-state index < -0.39 is 0 Å². The SMILES string of the molecule is CCCCC(O)C[N+]1(Cc2ccc(Br)cc2)CCC(c2ccccc2)CC1. The fraction of sp³-hybridized carbons (Fsp3) is 0.500. The minimum Gasteiger partial charge on any atom is -0.387 e. The van der Waals surface area contributed by atoms with Crippen LogP contribution in [0.2, 0.25) is 0 Å². The predicted molar refractivity (Wildman–Crippen MR) is 117 cm³/mol. The molecule has 1 saturated heterocycles. The summed E-state index contributed by atoms with van der Waals surface area (Å²) in [6.07, 6.45) is 5.43. The smallest absolute Gasteiger partial charge is 0.105 e. The van der Waals surface area contributed by atoms with Crippen LogP contribution in [0.3, 0.4) is 0 Å². The minimum atomic E-state index is -0.186. The number of quaternary nitrogens is 1. The van der Waals surface area contributed by atoms with Gasteiger partial charge in [0.2, 0.25) is 0 Å². The Hall–Kier alpha value is -1.16. The number of benzene rings is 2. The summed E-state index contributed by atoms with van der Waals surface area (Å²) in [7, 11) is 0. The van der Waals surface area contributed by atoms with Gasteiger partial charge in [-0.25, -0.2) is 0 Å². The second kappa shape index (κ2) is 9.86. The van der Waals surface area contributed by atoms with Crippen molar-refractivity contribution in [1.29, 1.82) is 0 Å². The second-order valence-corrected chi connectivity index (χ2v) is 9.15. The molecule has 0 bridgehead atoms. The molecule has 0 aromatic heterocycles. The molecule has 0 amide bonds. The van der Waals surface area contributed by atoms with Crippen LogP contribution >= 0.6 is 15.9 Å². The molecule has 1 fully saturated rings. The third kappa shape index (κ3) is 5.91. The molecule has 1 N–H and O–H groups in total. The van der Waals surface area contributed by atoms with Gasteiger partial charge in [0.25, 0.3) is 0 Å². The Bertz CT molecular complexity index is 677. The average molecular weight is 431 g/mol. The number of aliphatic hydroxyl groups excluding tert-OH is 1. The van der Waals surface area contributed by atoms with Crippen LogP contribution in [0, 0.1) is 0 Å². The first-order valence-corrected chi connectivity index (χ1v) is 11.2. The monoisotopic (exact) mass is 430 g/mol. The van der Waals surface area contributed by atoms with Crippen molar-refractivity contribution in [1.82, 2.24) is 0 Å². The van der Waals surface area contributed by atoms with E-state index in [1.165, 1.54) is 24.0 Å². The zero-order chi connectivity index (χ0) is 19.1. The lowest BCUT2D eigenvalue weighted by Crippen LogP contribution is -2.55. The first-order valence-electron chi connectivity index (χ1n) is 10.4. The number of rotatable bonds is 8. The van der Waals surface area contributed by atoms with Gasteiger partial charge >= 0.3 is 0 Å². The van der Waals surface area contributed by atoms with Gasteiger partial charge < -0.3 is 9.59 Å². The van der Waals surface area contributed by atoms with Crippen molar-refractivity contribution in [3.05, 3.63) is 70.2 Å². The van der Waals surface area contributed by atoms with Crippen LogP contribution in [0.4, 0.5) is 0 Å². The van der Waals surface area contributed by atoms with Crippen molar-refractivity contribution in [2.24, 2.45) is 0 Å². The summed E-state index contributed by atoms with van der Waals surface area (Å²) in [5, 5.41) is 10.7. The highest BCUT2D eigenvalue weighted by Gasteiger charge is 2.36. The molecule has 0 aliphatic carbocycles. The molecule has 1 atom stereocenters. The van der Waals surface area contributed by atoms with Gasteiger partial charge in [-0.15, -0.1) is 0 Å². The highest BCUT2D eigenvalue weighted by molar-refractivity contribution is 9.10. The zero-order valence-electron chi connectivity index (χ0n) is 16.5. The van der Waals surface area contributed by atoms with Gasteiger partial charge in [0.1, 0.15) is 19.2 Å². The van der Waals surface area contributed by atoms with E-state index in [2.05, 4.69) is 77.5 Å². The van der Waals surface area contributed by atoms with Crippen molar-refractivity contribution >= 4 is 15.9 Å². The first-order chi connectivity index (χ1) is 13.1. The third-order valence-corrected chi connectivity index (χ3v) is 6.62. The van der Waals surface area contributed by atoms with Crippen LogP contribution in [0.5, 0.6) is 0 Å². The molecule has 2 aromatic carbocycles. The average Bonchev–Trinajstić information content (AvgIpc) is 2.69. The number of hydrogen-bond acceptors (Lipinski definition) is 1. The first kappa shape index (κ1) is 20.6. The quantitative estimate of drug-likeness (QED) is 0.517. The molecule has 27 heavy (non-hydrogen) atoms. The Kier molecular flexibility index (Phi) is 7.51. The number of hydrogen-bond donors (Lipinski definition) is 1. The predicted octanol–water partition coefficient (Wildman–Crippen LogP) is 5.89. The van der Waals surface area contributed by atoms with Crippen molar-refractivity contribution in [2.75, 3.05) is 19.6 Å². The molecule has 1 unspecified atom stereocenters. The summed E-state index contributed by atoms with van der Waals surface area (Å²) >= 11 is 3.54. The molecule has 2 aromatic rings. The van der Waals surface area contributed by atoms with E-state index in [0.717, 1.165) is 54.4 Å². The number of likely N-dealkylation sites (tertiary alicyclic amines) is 1. The maximum absolute atomic E-state index is 10.7. The number of unbranched alkanes of at least 4 members (excludes halogenated alkanes) is 1. The van der Waals surface area contributed by atoms with Gasteiger partial charge in [0.15, 0.2) is 0 Å². The molecule has 0 radical (unpaired) electrons. The van der Waals surface area contributed by atoms with E-state index in [0.29, 0.717) is 5.92 Å². The molecule has 0 saturated carbocycles. The standard InChI is InChI=1S/C24H33BrNO/c1-2-3-9-24(27)19-26(18-20-10-12-23(25)13-11-20)16-14-22(15-17-26)21-7-5-4-6-8-21/h4-8,10-13,22,24,27H,2-3,9,14-19H2,1H3/q+1. The summed E-state index contributed by atoms with van der Waals surface area (Å²) in [4.78, 5) is 0. The molecule has 0 spiro atoms. The molecule has 1 aliphatic heterocycles. The molecule has 146 valence electrons. The Morgan fingerprint density at radius 1 is 1.04 bits per heavy atom. The van der Waals surface area contributed by atoms with Crippen LogP contribution in [0.25, 0.3) is 0 Å². The van der Waals surface area contributed by atoms with Crippen LogP contribution in [-0.2, 0) is 6.54 Å². The summed E-state index contributed by atoms with van der Waals surface area (Å²) in [5.74, 6) is 0.662. The van der Waals surface area contributed by atoms with Gasteiger partial charge in [0.05, 0.1) is 13.1 Å².